The van der Waals surface area contributed by atoms with E-state index in [1.807, 2.05) is 6.08 Å². The van der Waals surface area contributed by atoms with Crippen LogP contribution >= 0.6 is 0 Å². The summed E-state index contributed by atoms with van der Waals surface area (Å²) in [7, 11) is 1.33. The van der Waals surface area contributed by atoms with Crippen molar-refractivity contribution in [1.29, 1.82) is 0 Å². The van der Waals surface area contributed by atoms with Crippen LogP contribution in [0.15, 0.2) is 25.3 Å². The molecule has 0 spiro atoms. The Morgan fingerprint density at radius 2 is 1.74 bits per heavy atom. The lowest BCUT2D eigenvalue weighted by molar-refractivity contribution is -0.160. The van der Waals surface area contributed by atoms with Gasteiger partial charge < -0.3 is 19.1 Å². The van der Waals surface area contributed by atoms with Crippen LogP contribution in [-0.4, -0.2) is 67.0 Å². The quantitative estimate of drug-likeness (QED) is 0.163. The van der Waals surface area contributed by atoms with Gasteiger partial charge in [-0.25, -0.2) is 0 Å². The summed E-state index contributed by atoms with van der Waals surface area (Å²) < 4.78 is 16.0. The zero-order chi connectivity index (χ0) is 28.7. The number of piperidine rings is 1. The third-order valence-electron chi connectivity index (χ3n) is 7.75. The van der Waals surface area contributed by atoms with Crippen LogP contribution in [0.4, 0.5) is 0 Å². The van der Waals surface area contributed by atoms with Gasteiger partial charge in [0.05, 0.1) is 44.6 Å². The number of carbonyl (C=O) groups is 4. The molecule has 0 aromatic heterocycles. The topological polar surface area (TPSA) is 99.2 Å². The van der Waals surface area contributed by atoms with Crippen LogP contribution in [0.2, 0.25) is 0 Å². The molecule has 214 valence electrons. The minimum absolute atomic E-state index is 0.0221. The standard InChI is InChI=1S/C30H47NO7/c1-9-11-12-13-14-20(28(35)36-8)16-23(32)26-25-22(30(25,6)7)18-31(26)27(34)21(19-37-15-10-2)17-24(33)38-29(3,4)5/h9-10,20-22,25-26H,1-2,11-19H2,3-8H3/t20-,21+,22+,25+,26-/m1/s1. The molecule has 1 heterocycles. The van der Waals surface area contributed by atoms with E-state index in [4.69, 9.17) is 14.2 Å². The van der Waals surface area contributed by atoms with Gasteiger partial charge in [-0.2, -0.15) is 0 Å². The van der Waals surface area contributed by atoms with Gasteiger partial charge >= 0.3 is 11.9 Å². The third-order valence-corrected chi connectivity index (χ3v) is 7.75. The molecule has 2 fully saturated rings. The van der Waals surface area contributed by atoms with Crippen molar-refractivity contribution in [3.8, 4) is 0 Å². The van der Waals surface area contributed by atoms with E-state index < -0.39 is 35.4 Å². The third kappa shape index (κ3) is 8.26. The summed E-state index contributed by atoms with van der Waals surface area (Å²) in [6, 6.07) is -0.636. The molecule has 0 aromatic carbocycles. The van der Waals surface area contributed by atoms with Crippen molar-refractivity contribution in [3.63, 3.8) is 0 Å². The number of unbranched alkanes of at least 4 members (excludes halogenated alkanes) is 2. The van der Waals surface area contributed by atoms with Crippen LogP contribution in [0.25, 0.3) is 0 Å². The fourth-order valence-corrected chi connectivity index (χ4v) is 5.73. The molecular formula is C30H47NO7. The van der Waals surface area contributed by atoms with Gasteiger partial charge in [-0.3, -0.25) is 19.2 Å². The highest BCUT2D eigenvalue weighted by Gasteiger charge is 2.69. The Hall–Kier alpha value is -2.48. The van der Waals surface area contributed by atoms with Crippen molar-refractivity contribution in [1.82, 2.24) is 4.90 Å². The number of ether oxygens (including phenoxy) is 3. The van der Waals surface area contributed by atoms with Crippen LogP contribution < -0.4 is 0 Å². The number of Topliss-reactive ketones (excluding diaryl/α,β-unsaturated/α-hetero) is 1. The minimum Gasteiger partial charge on any atom is -0.469 e. The number of amides is 1. The van der Waals surface area contributed by atoms with Crippen molar-refractivity contribution in [2.45, 2.75) is 84.8 Å². The van der Waals surface area contributed by atoms with E-state index in [0.29, 0.717) is 13.0 Å². The molecule has 2 aliphatic rings. The minimum atomic E-state index is -0.781. The molecule has 0 radical (unpaired) electrons. The smallest absolute Gasteiger partial charge is 0.309 e. The Morgan fingerprint density at radius 3 is 2.32 bits per heavy atom. The number of nitrogens with zero attached hydrogens (tertiary/aromatic N) is 1. The molecule has 1 amide bonds. The second-order valence-corrected chi connectivity index (χ2v) is 12.2. The van der Waals surface area contributed by atoms with Gasteiger partial charge in [0.25, 0.3) is 0 Å². The Balaban J connectivity index is 2.22. The van der Waals surface area contributed by atoms with Gasteiger partial charge in [0.2, 0.25) is 5.91 Å². The van der Waals surface area contributed by atoms with Crippen LogP contribution in [0, 0.1) is 29.1 Å². The van der Waals surface area contributed by atoms with Crippen molar-refractivity contribution >= 4 is 23.6 Å². The summed E-state index contributed by atoms with van der Waals surface area (Å²) in [5.74, 6) is -2.42. The predicted octanol–water partition coefficient (Wildman–Crippen LogP) is 4.51. The molecule has 0 unspecified atom stereocenters. The molecular weight excluding hydrogens is 486 g/mol. The Bertz CT molecular complexity index is 888. The molecule has 0 bridgehead atoms. The first-order valence-electron chi connectivity index (χ1n) is 13.7. The van der Waals surface area contributed by atoms with Crippen molar-refractivity contribution in [3.05, 3.63) is 25.3 Å². The first-order valence-corrected chi connectivity index (χ1v) is 13.7. The summed E-state index contributed by atoms with van der Waals surface area (Å²) in [4.78, 5) is 54.3. The summed E-state index contributed by atoms with van der Waals surface area (Å²) >= 11 is 0. The molecule has 8 heteroatoms. The number of allylic oxidation sites excluding steroid dienone is 1. The van der Waals surface area contributed by atoms with Crippen LogP contribution in [0.3, 0.4) is 0 Å². The monoisotopic (exact) mass is 533 g/mol. The zero-order valence-corrected chi connectivity index (χ0v) is 24.1. The number of hydrogen-bond donors (Lipinski definition) is 0. The van der Waals surface area contributed by atoms with E-state index in [-0.39, 0.29) is 55.0 Å². The highest BCUT2D eigenvalue weighted by atomic mass is 16.6. The molecule has 5 atom stereocenters. The number of rotatable bonds is 16. The fraction of sp³-hybridized carbons (Fsp3) is 0.733. The Kier molecular flexibility index (Phi) is 11.3. The highest BCUT2D eigenvalue weighted by Crippen LogP contribution is 2.65. The average molecular weight is 534 g/mol. The molecule has 38 heavy (non-hydrogen) atoms. The average Bonchev–Trinajstić information content (AvgIpc) is 3.16. The second kappa shape index (κ2) is 13.5. The van der Waals surface area contributed by atoms with Crippen molar-refractivity contribution < 1.29 is 33.4 Å². The number of hydrogen-bond acceptors (Lipinski definition) is 7. The molecule has 1 saturated carbocycles. The maximum Gasteiger partial charge on any atom is 0.309 e. The lowest BCUT2D eigenvalue weighted by atomic mass is 9.89. The number of likely N-dealkylation sites (tertiary alicyclic amines) is 1. The first-order chi connectivity index (χ1) is 17.8. The van der Waals surface area contributed by atoms with Gasteiger partial charge in [0.15, 0.2) is 5.78 Å². The van der Waals surface area contributed by atoms with Crippen molar-refractivity contribution in [2.75, 3.05) is 26.9 Å². The highest BCUT2D eigenvalue weighted by molar-refractivity contribution is 5.94. The summed E-state index contributed by atoms with van der Waals surface area (Å²) in [6.45, 7) is 17.6. The first kappa shape index (κ1) is 31.7. The largest absolute Gasteiger partial charge is 0.469 e. The van der Waals surface area contributed by atoms with E-state index in [2.05, 4.69) is 27.0 Å². The predicted molar refractivity (Wildman–Crippen MR) is 145 cm³/mol. The van der Waals surface area contributed by atoms with Crippen molar-refractivity contribution in [2.24, 2.45) is 29.1 Å². The molecule has 2 rings (SSSR count). The van der Waals surface area contributed by atoms with E-state index in [9.17, 15) is 19.2 Å². The normalized spacial score (nSPS) is 23.1. The van der Waals surface area contributed by atoms with Gasteiger partial charge in [0, 0.05) is 13.0 Å². The van der Waals surface area contributed by atoms with Crippen LogP contribution in [0.5, 0.6) is 0 Å². The van der Waals surface area contributed by atoms with Gasteiger partial charge in [-0.05, 0) is 57.3 Å². The van der Waals surface area contributed by atoms with E-state index in [1.165, 1.54) is 7.11 Å². The van der Waals surface area contributed by atoms with Crippen LogP contribution in [0.1, 0.15) is 73.1 Å². The number of esters is 2. The van der Waals surface area contributed by atoms with E-state index >= 15 is 0 Å². The van der Waals surface area contributed by atoms with E-state index in [1.54, 1.807) is 31.7 Å². The zero-order valence-electron chi connectivity index (χ0n) is 24.1. The molecule has 1 saturated heterocycles. The van der Waals surface area contributed by atoms with Gasteiger partial charge in [-0.15, -0.1) is 13.2 Å². The summed E-state index contributed by atoms with van der Waals surface area (Å²) in [6.07, 6.45) is 6.35. The van der Waals surface area contributed by atoms with Gasteiger partial charge in [0.1, 0.15) is 5.60 Å². The Morgan fingerprint density at radius 1 is 1.05 bits per heavy atom. The fourth-order valence-electron chi connectivity index (χ4n) is 5.73. The maximum atomic E-state index is 13.8. The van der Waals surface area contributed by atoms with Gasteiger partial charge in [-0.1, -0.05) is 32.4 Å². The molecule has 1 aliphatic heterocycles. The van der Waals surface area contributed by atoms with E-state index in [0.717, 1.165) is 19.3 Å². The van der Waals surface area contributed by atoms with Crippen LogP contribution in [-0.2, 0) is 33.4 Å². The lowest BCUT2D eigenvalue weighted by Crippen LogP contribution is -2.49. The molecule has 8 nitrogen and oxygen atoms in total. The lowest BCUT2D eigenvalue weighted by Gasteiger charge is -2.33. The summed E-state index contributed by atoms with van der Waals surface area (Å²) in [5, 5.41) is 0. The summed E-state index contributed by atoms with van der Waals surface area (Å²) in [5.41, 5.74) is -0.749. The number of ketones is 1. The number of methoxy groups -OCH3 is 1. The molecule has 0 aromatic rings. The maximum absolute atomic E-state index is 13.8. The Labute approximate surface area is 228 Å². The second-order valence-electron chi connectivity index (χ2n) is 12.2. The molecule has 1 aliphatic carbocycles. The number of fused-ring (bicyclic) bond motifs is 1. The molecule has 0 N–H and O–H groups in total. The SMILES string of the molecule is C=CCCCC[C@H](CC(=O)[C@@H]1[C@@H]2[C@H](CN1C(=O)[C@H](COCC=C)CC(=O)OC(C)(C)C)C2(C)C)C(=O)OC. The number of carbonyl (C=O) groups excluding carboxylic acids is 4.